The van der Waals surface area contributed by atoms with Gasteiger partial charge in [-0.3, -0.25) is 0 Å². The number of aromatic nitrogens is 4. The highest BCUT2D eigenvalue weighted by atomic mass is 35.5. The van der Waals surface area contributed by atoms with Gasteiger partial charge in [0.1, 0.15) is 24.3 Å². The Labute approximate surface area is 387 Å². The first-order valence-electron chi connectivity index (χ1n) is 22.1. The third-order valence-electron chi connectivity index (χ3n) is 11.0. The van der Waals surface area contributed by atoms with E-state index in [-0.39, 0.29) is 17.5 Å². The number of nitrogens with one attached hydrogen (secondary N) is 4. The van der Waals surface area contributed by atoms with Crippen molar-refractivity contribution < 1.29 is 0 Å². The summed E-state index contributed by atoms with van der Waals surface area (Å²) in [6.07, 6.45) is 11.9. The van der Waals surface area contributed by atoms with Crippen LogP contribution >= 0.6 is 11.6 Å². The highest BCUT2D eigenvalue weighted by Gasteiger charge is 2.27. The summed E-state index contributed by atoms with van der Waals surface area (Å²) in [5.41, 5.74) is 19.8. The highest BCUT2D eigenvalue weighted by Crippen LogP contribution is 2.32. The van der Waals surface area contributed by atoms with Gasteiger partial charge in [-0.05, 0) is 97.8 Å². The van der Waals surface area contributed by atoms with E-state index in [0.29, 0.717) is 41.5 Å². The van der Waals surface area contributed by atoms with Gasteiger partial charge < -0.3 is 42.8 Å². The summed E-state index contributed by atoms with van der Waals surface area (Å²) in [5.74, 6) is 20.5. The Kier molecular flexibility index (Phi) is 15.2. The van der Waals surface area contributed by atoms with E-state index in [2.05, 4.69) is 92.0 Å². The third-order valence-corrected chi connectivity index (χ3v) is 11.3. The van der Waals surface area contributed by atoms with Crippen LogP contribution in [-0.2, 0) is 0 Å². The lowest BCUT2D eigenvalue weighted by atomic mass is 9.97. The lowest BCUT2D eigenvalue weighted by Crippen LogP contribution is -2.31. The van der Waals surface area contributed by atoms with Crippen molar-refractivity contribution in [1.82, 2.24) is 35.3 Å². The third kappa shape index (κ3) is 13.0. The minimum absolute atomic E-state index is 0.100. The molecule has 2 saturated carbocycles. The SMILES string of the molecule is CC(C)(C)CNc1ncnc2ccc(NC(/C(N)=C/N(N)C3CC3)c3cccc(C#CCCNc4ncnc5ccccc45)c3)cc12.CNC(/C(N)=C/N(N)C1CC1)c1ccccc1Cl. The molecule has 338 valence electrons. The summed E-state index contributed by atoms with van der Waals surface area (Å²) in [6.45, 7) is 8.02. The molecule has 2 unspecified atom stereocenters. The summed E-state index contributed by atoms with van der Waals surface area (Å²) in [6, 6.07) is 30.2. The maximum atomic E-state index is 6.77. The fourth-order valence-corrected chi connectivity index (χ4v) is 7.42. The number of nitrogens with zero attached hydrogens (tertiary/aromatic N) is 6. The molecule has 65 heavy (non-hydrogen) atoms. The van der Waals surface area contributed by atoms with E-state index in [0.717, 1.165) is 88.0 Å². The van der Waals surface area contributed by atoms with Crippen molar-refractivity contribution in [3.63, 3.8) is 0 Å². The zero-order chi connectivity index (χ0) is 45.9. The smallest absolute Gasteiger partial charge is 0.137 e. The molecular weight excluding hydrogens is 832 g/mol. The van der Waals surface area contributed by atoms with Crippen LogP contribution in [0.2, 0.25) is 5.02 Å². The van der Waals surface area contributed by atoms with E-state index >= 15 is 0 Å². The first-order chi connectivity index (χ1) is 31.4. The van der Waals surface area contributed by atoms with Gasteiger partial charge in [-0.15, -0.1) is 0 Å². The molecule has 12 N–H and O–H groups in total. The minimum atomic E-state index is -0.345. The number of nitrogens with two attached hydrogens (primary N) is 4. The van der Waals surface area contributed by atoms with Crippen molar-refractivity contribution in [3.05, 3.63) is 149 Å². The Morgan fingerprint density at radius 3 is 2.05 bits per heavy atom. The molecule has 2 aliphatic carbocycles. The fourth-order valence-electron chi connectivity index (χ4n) is 7.17. The molecule has 2 fully saturated rings. The molecule has 0 radical (unpaired) electrons. The van der Waals surface area contributed by atoms with Gasteiger partial charge in [-0.2, -0.15) is 0 Å². The maximum Gasteiger partial charge on any atom is 0.137 e. The topological polar surface area (TPSA) is 210 Å². The number of benzene rings is 4. The highest BCUT2D eigenvalue weighted by molar-refractivity contribution is 6.31. The van der Waals surface area contributed by atoms with Gasteiger partial charge >= 0.3 is 0 Å². The Bertz CT molecular complexity index is 2670. The average molecular weight is 894 g/mol. The molecule has 8 rings (SSSR count). The lowest BCUT2D eigenvalue weighted by Gasteiger charge is -2.24. The minimum Gasteiger partial charge on any atom is -0.399 e. The van der Waals surface area contributed by atoms with Crippen LogP contribution < -0.4 is 44.4 Å². The monoisotopic (exact) mass is 892 g/mol. The van der Waals surface area contributed by atoms with Gasteiger partial charge in [0.2, 0.25) is 0 Å². The Hall–Kier alpha value is -6.63. The van der Waals surface area contributed by atoms with Crippen LogP contribution in [0.1, 0.15) is 81.6 Å². The van der Waals surface area contributed by atoms with Gasteiger partial charge in [-0.1, -0.05) is 86.7 Å². The van der Waals surface area contributed by atoms with Crippen LogP contribution in [0.25, 0.3) is 21.8 Å². The average Bonchev–Trinajstić information content (AvgIpc) is 4.23. The molecule has 2 aliphatic rings. The largest absolute Gasteiger partial charge is 0.399 e. The van der Waals surface area contributed by atoms with E-state index in [1.165, 1.54) is 0 Å². The fraction of sp³-hybridized carbons (Fsp3) is 0.320. The number of para-hydroxylation sites is 1. The summed E-state index contributed by atoms with van der Waals surface area (Å²) in [4.78, 5) is 17.8. The molecule has 0 bridgehead atoms. The normalized spacial score (nSPS) is 14.9. The molecule has 15 heteroatoms. The summed E-state index contributed by atoms with van der Waals surface area (Å²) < 4.78 is 0. The van der Waals surface area contributed by atoms with E-state index in [9.17, 15) is 0 Å². The molecule has 2 heterocycles. The Morgan fingerprint density at radius 2 is 1.38 bits per heavy atom. The second-order valence-corrected chi connectivity index (χ2v) is 18.1. The van der Waals surface area contributed by atoms with Crippen LogP contribution in [0.4, 0.5) is 17.3 Å². The van der Waals surface area contributed by atoms with Gasteiger partial charge in [0, 0.05) is 76.7 Å². The summed E-state index contributed by atoms with van der Waals surface area (Å²) >= 11 is 6.19. The number of halogens is 1. The second kappa shape index (κ2) is 21.4. The van der Waals surface area contributed by atoms with Crippen LogP contribution in [0, 0.1) is 17.3 Å². The van der Waals surface area contributed by atoms with Gasteiger partial charge in [0.05, 0.1) is 28.8 Å². The standard InChI is InChI=1S/C37H42N10.C13H19ClN4/c1-37(2,3)22-41-36-30-20-27(14-17-33(30)43-24-45-36)46-34(31(38)21-47(39)28-15-16-28)26-11-8-10-25(19-26)9-6-7-18-40-35-29-12-4-5-13-32(29)42-23-44-35;1-17-13(10-4-2-3-5-11(10)14)12(15)8-18(16)9-6-7-9/h4-5,8,10-14,17,19-21,23-24,28,34,46H,7,15-16,18,22,38-39H2,1-3H3,(H,40,42,44)(H,41,43,45);2-5,8-9,13,17H,6-7,15-16H2,1H3/b31-21-;12-8-. The van der Waals surface area contributed by atoms with E-state index in [1.54, 1.807) is 28.9 Å². The predicted octanol–water partition coefficient (Wildman–Crippen LogP) is 7.91. The molecular formula is C50H61ClN14. The maximum absolute atomic E-state index is 6.77. The molecule has 0 spiro atoms. The molecule has 2 atom stereocenters. The zero-order valence-corrected chi connectivity index (χ0v) is 38.4. The van der Waals surface area contributed by atoms with Crippen molar-refractivity contribution in [1.29, 1.82) is 0 Å². The number of anilines is 3. The van der Waals surface area contributed by atoms with Crippen LogP contribution in [0.5, 0.6) is 0 Å². The van der Waals surface area contributed by atoms with Crippen molar-refractivity contribution >= 4 is 50.7 Å². The zero-order valence-electron chi connectivity index (χ0n) is 37.6. The van der Waals surface area contributed by atoms with Crippen LogP contribution in [-0.4, -0.2) is 62.2 Å². The molecule has 6 aromatic rings. The number of hydrogen-bond acceptors (Lipinski definition) is 14. The van der Waals surface area contributed by atoms with E-state index in [4.69, 9.17) is 34.8 Å². The molecule has 4 aromatic carbocycles. The number of rotatable bonds is 16. The molecule has 0 amide bonds. The number of likely N-dealkylation sites (N-methyl/N-ethyl adjacent to an activating group) is 1. The molecule has 2 aromatic heterocycles. The Morgan fingerprint density at radius 1 is 0.754 bits per heavy atom. The first-order valence-corrected chi connectivity index (χ1v) is 22.4. The number of hydrazine groups is 2. The van der Waals surface area contributed by atoms with Gasteiger partial charge in [0.15, 0.2) is 0 Å². The van der Waals surface area contributed by atoms with Crippen LogP contribution in [0.15, 0.2) is 127 Å². The van der Waals surface area contributed by atoms with Gasteiger partial charge in [-0.25, -0.2) is 31.6 Å². The van der Waals surface area contributed by atoms with E-state index < -0.39 is 0 Å². The number of hydrogen-bond donors (Lipinski definition) is 8. The van der Waals surface area contributed by atoms with Gasteiger partial charge in [0.25, 0.3) is 0 Å². The van der Waals surface area contributed by atoms with E-state index in [1.807, 2.05) is 86.0 Å². The first kappa shape index (κ1) is 46.4. The lowest BCUT2D eigenvalue weighted by molar-refractivity contribution is 0.376. The van der Waals surface area contributed by atoms with Crippen molar-refractivity contribution in [2.24, 2.45) is 28.6 Å². The van der Waals surface area contributed by atoms with Crippen molar-refractivity contribution in [2.75, 3.05) is 36.1 Å². The summed E-state index contributed by atoms with van der Waals surface area (Å²) in [7, 11) is 1.85. The molecule has 14 nitrogen and oxygen atoms in total. The Balaban J connectivity index is 0.000000292. The molecule has 0 saturated heterocycles. The van der Waals surface area contributed by atoms with Crippen molar-refractivity contribution in [2.45, 2.75) is 77.0 Å². The summed E-state index contributed by atoms with van der Waals surface area (Å²) in [5, 5.41) is 19.8. The van der Waals surface area contributed by atoms with Crippen molar-refractivity contribution in [3.8, 4) is 11.8 Å². The predicted molar refractivity (Wildman–Crippen MR) is 266 cm³/mol. The number of fused-ring (bicyclic) bond motifs is 2. The quantitative estimate of drug-likeness (QED) is 0.0201. The van der Waals surface area contributed by atoms with Crippen LogP contribution in [0.3, 0.4) is 0 Å². The molecule has 0 aliphatic heterocycles. The second-order valence-electron chi connectivity index (χ2n) is 17.6.